The highest BCUT2D eigenvalue weighted by Gasteiger charge is 2.08. The number of aromatic amines is 2. The van der Waals surface area contributed by atoms with Gasteiger partial charge in [-0.2, -0.15) is 5.10 Å². The van der Waals surface area contributed by atoms with E-state index in [4.69, 9.17) is 0 Å². The van der Waals surface area contributed by atoms with Crippen LogP contribution in [0.25, 0.3) is 22.9 Å². The molecule has 0 unspecified atom stereocenters. The van der Waals surface area contributed by atoms with Crippen molar-refractivity contribution in [3.05, 3.63) is 41.2 Å². The minimum Gasteiger partial charge on any atom is -0.342 e. The van der Waals surface area contributed by atoms with Crippen LogP contribution in [0.3, 0.4) is 0 Å². The Labute approximate surface area is 102 Å². The van der Waals surface area contributed by atoms with E-state index in [0.717, 1.165) is 5.56 Å². The van der Waals surface area contributed by atoms with E-state index in [1.54, 1.807) is 29.5 Å². The van der Waals surface area contributed by atoms with E-state index in [2.05, 4.69) is 25.0 Å². The molecule has 90 valence electrons. The zero-order chi connectivity index (χ0) is 12.5. The Morgan fingerprint density at radius 3 is 2.89 bits per heavy atom. The molecule has 0 aliphatic heterocycles. The first-order chi connectivity index (χ1) is 8.72. The molecule has 7 heteroatoms. The van der Waals surface area contributed by atoms with E-state index in [1.807, 2.05) is 7.05 Å². The predicted molar refractivity (Wildman–Crippen MR) is 64.6 cm³/mol. The molecule has 3 aromatic heterocycles. The van der Waals surface area contributed by atoms with Crippen molar-refractivity contribution in [1.82, 2.24) is 29.7 Å². The molecule has 3 aromatic rings. The highest BCUT2D eigenvalue weighted by atomic mass is 16.1. The summed E-state index contributed by atoms with van der Waals surface area (Å²) < 4.78 is 1.66. The average Bonchev–Trinajstić information content (AvgIpc) is 2.98. The van der Waals surface area contributed by atoms with Crippen LogP contribution in [0.2, 0.25) is 0 Å². The van der Waals surface area contributed by atoms with Gasteiger partial charge in [0.2, 0.25) is 0 Å². The van der Waals surface area contributed by atoms with Crippen molar-refractivity contribution < 1.29 is 0 Å². The highest BCUT2D eigenvalue weighted by molar-refractivity contribution is 5.59. The zero-order valence-electron chi connectivity index (χ0n) is 9.58. The van der Waals surface area contributed by atoms with Crippen molar-refractivity contribution in [2.24, 2.45) is 7.05 Å². The quantitative estimate of drug-likeness (QED) is 0.686. The van der Waals surface area contributed by atoms with E-state index in [9.17, 15) is 4.79 Å². The number of hydrogen-bond donors (Lipinski definition) is 2. The molecule has 3 heterocycles. The molecule has 0 spiro atoms. The molecule has 7 nitrogen and oxygen atoms in total. The molecule has 0 amide bonds. The Morgan fingerprint density at radius 1 is 1.33 bits per heavy atom. The minimum absolute atomic E-state index is 0.227. The van der Waals surface area contributed by atoms with Crippen LogP contribution in [0.15, 0.2) is 35.6 Å². The Kier molecular flexibility index (Phi) is 2.30. The Balaban J connectivity index is 2.15. The summed E-state index contributed by atoms with van der Waals surface area (Å²) in [6.07, 6.45) is 6.74. The van der Waals surface area contributed by atoms with Gasteiger partial charge in [0.1, 0.15) is 0 Å². The van der Waals surface area contributed by atoms with Gasteiger partial charge >= 0.3 is 0 Å². The molecule has 0 fully saturated rings. The van der Waals surface area contributed by atoms with E-state index < -0.39 is 0 Å². The number of rotatable bonds is 2. The van der Waals surface area contributed by atoms with Gasteiger partial charge in [-0.25, -0.2) is 9.97 Å². The molecular weight excluding hydrogens is 232 g/mol. The summed E-state index contributed by atoms with van der Waals surface area (Å²) in [5, 5.41) is 4.06. The number of imidazole rings is 1. The maximum Gasteiger partial charge on any atom is 0.251 e. The van der Waals surface area contributed by atoms with Gasteiger partial charge in [-0.3, -0.25) is 9.48 Å². The molecule has 0 aliphatic carbocycles. The van der Waals surface area contributed by atoms with Gasteiger partial charge < -0.3 is 9.97 Å². The summed E-state index contributed by atoms with van der Waals surface area (Å²) in [5.74, 6) is 0.934. The van der Waals surface area contributed by atoms with Crippen LogP contribution >= 0.6 is 0 Å². The maximum absolute atomic E-state index is 11.6. The van der Waals surface area contributed by atoms with Crippen molar-refractivity contribution in [1.29, 1.82) is 0 Å². The largest absolute Gasteiger partial charge is 0.342 e. The summed E-state index contributed by atoms with van der Waals surface area (Å²) in [5.41, 5.74) is 1.13. The van der Waals surface area contributed by atoms with Gasteiger partial charge in [-0.15, -0.1) is 0 Å². The fourth-order valence-electron chi connectivity index (χ4n) is 1.67. The number of aromatic nitrogens is 6. The van der Waals surface area contributed by atoms with Crippen LogP contribution < -0.4 is 5.56 Å². The van der Waals surface area contributed by atoms with Crippen molar-refractivity contribution in [3.8, 4) is 22.9 Å². The Bertz CT molecular complexity index is 724. The topological polar surface area (TPSA) is 92.2 Å². The lowest BCUT2D eigenvalue weighted by atomic mass is 10.2. The smallest absolute Gasteiger partial charge is 0.251 e. The highest BCUT2D eigenvalue weighted by Crippen LogP contribution is 2.16. The molecule has 0 saturated heterocycles. The molecular formula is C11H10N6O. The van der Waals surface area contributed by atoms with Crippen LogP contribution in [0.5, 0.6) is 0 Å². The van der Waals surface area contributed by atoms with Crippen molar-refractivity contribution in [3.63, 3.8) is 0 Å². The van der Waals surface area contributed by atoms with Gasteiger partial charge in [-0.1, -0.05) is 0 Å². The minimum atomic E-state index is -0.227. The first-order valence-electron chi connectivity index (χ1n) is 5.32. The lowest BCUT2D eigenvalue weighted by Gasteiger charge is -1.99. The number of nitrogens with one attached hydrogen (secondary N) is 2. The SMILES string of the molecule is Cn1cc(-c2cc(=O)[nH]c(-c3ncc[nH]3)n2)cn1. The van der Waals surface area contributed by atoms with Crippen LogP contribution in [0, 0.1) is 0 Å². The van der Waals surface area contributed by atoms with Crippen molar-refractivity contribution in [2.45, 2.75) is 0 Å². The number of aryl methyl sites for hydroxylation is 1. The Hall–Kier alpha value is -2.70. The molecule has 18 heavy (non-hydrogen) atoms. The summed E-state index contributed by atoms with van der Waals surface area (Å²) >= 11 is 0. The van der Waals surface area contributed by atoms with Crippen LogP contribution in [-0.2, 0) is 7.05 Å². The summed E-state index contributed by atoms with van der Waals surface area (Å²) in [6.45, 7) is 0. The fraction of sp³-hybridized carbons (Fsp3) is 0.0909. The zero-order valence-corrected chi connectivity index (χ0v) is 9.58. The third kappa shape index (κ3) is 1.81. The lowest BCUT2D eigenvalue weighted by Crippen LogP contribution is -2.09. The first-order valence-corrected chi connectivity index (χ1v) is 5.32. The third-order valence-corrected chi connectivity index (χ3v) is 2.46. The molecule has 0 aliphatic rings. The van der Waals surface area contributed by atoms with Crippen LogP contribution in [0.4, 0.5) is 0 Å². The summed E-state index contributed by atoms with van der Waals surface area (Å²) in [7, 11) is 1.81. The Morgan fingerprint density at radius 2 is 2.22 bits per heavy atom. The van der Waals surface area contributed by atoms with E-state index in [0.29, 0.717) is 17.3 Å². The molecule has 2 N–H and O–H groups in total. The monoisotopic (exact) mass is 242 g/mol. The molecule has 0 bridgehead atoms. The molecule has 0 saturated carbocycles. The molecule has 0 aromatic carbocycles. The van der Waals surface area contributed by atoms with Crippen molar-refractivity contribution in [2.75, 3.05) is 0 Å². The van der Waals surface area contributed by atoms with Gasteiger partial charge in [0.25, 0.3) is 5.56 Å². The second-order valence-corrected chi connectivity index (χ2v) is 3.82. The number of hydrogen-bond acceptors (Lipinski definition) is 4. The van der Waals surface area contributed by atoms with Gasteiger partial charge in [0.15, 0.2) is 11.6 Å². The second kappa shape index (κ2) is 3.95. The third-order valence-electron chi connectivity index (χ3n) is 2.46. The van der Waals surface area contributed by atoms with E-state index in [1.165, 1.54) is 6.07 Å². The van der Waals surface area contributed by atoms with Gasteiger partial charge in [0.05, 0.1) is 11.9 Å². The van der Waals surface area contributed by atoms with Crippen molar-refractivity contribution >= 4 is 0 Å². The molecule has 3 rings (SSSR count). The standard InChI is InChI=1S/C11H10N6O/c1-17-6-7(5-14-17)8-4-9(18)16-11(15-8)10-12-2-3-13-10/h2-6H,1H3,(H,12,13)(H,15,16,18). The number of nitrogens with zero attached hydrogens (tertiary/aromatic N) is 4. The van der Waals surface area contributed by atoms with Crippen LogP contribution in [-0.4, -0.2) is 29.7 Å². The maximum atomic E-state index is 11.6. The fourth-order valence-corrected chi connectivity index (χ4v) is 1.67. The predicted octanol–water partition coefficient (Wildman–Crippen LogP) is 0.560. The molecule has 0 radical (unpaired) electrons. The second-order valence-electron chi connectivity index (χ2n) is 3.82. The van der Waals surface area contributed by atoms with E-state index >= 15 is 0 Å². The average molecular weight is 242 g/mol. The van der Waals surface area contributed by atoms with Gasteiger partial charge in [-0.05, 0) is 0 Å². The normalized spacial score (nSPS) is 10.7. The van der Waals surface area contributed by atoms with E-state index in [-0.39, 0.29) is 5.56 Å². The summed E-state index contributed by atoms with van der Waals surface area (Å²) in [6, 6.07) is 1.43. The lowest BCUT2D eigenvalue weighted by molar-refractivity contribution is 0.768. The number of H-pyrrole nitrogens is 2. The first kappa shape index (κ1) is 10.5. The van der Waals surface area contributed by atoms with Gasteiger partial charge in [0, 0.05) is 37.3 Å². The summed E-state index contributed by atoms with van der Waals surface area (Å²) in [4.78, 5) is 25.6. The molecule has 0 atom stereocenters. The van der Waals surface area contributed by atoms with Crippen LogP contribution in [0.1, 0.15) is 0 Å².